The standard InChI is InChI=1S/C12H10N2/c13-9-10-4-6-11(7-5-10)12-3-1-2-8-14-12/h1-4,6,8H,5,7H2. The molecule has 1 heterocycles. The van der Waals surface area contributed by atoms with Gasteiger partial charge in [-0.1, -0.05) is 12.1 Å². The lowest BCUT2D eigenvalue weighted by molar-refractivity contribution is 0.999. The molecule has 0 aromatic carbocycles. The van der Waals surface area contributed by atoms with Gasteiger partial charge in [0.25, 0.3) is 0 Å². The fourth-order valence-corrected chi connectivity index (χ4v) is 1.50. The summed E-state index contributed by atoms with van der Waals surface area (Å²) in [6.07, 6.45) is 7.41. The number of hydrogen-bond donors (Lipinski definition) is 0. The third-order valence-corrected chi connectivity index (χ3v) is 2.29. The van der Waals surface area contributed by atoms with Gasteiger partial charge in [-0.2, -0.15) is 5.26 Å². The maximum atomic E-state index is 8.68. The molecule has 2 rings (SSSR count). The van der Waals surface area contributed by atoms with Crippen LogP contribution in [0.4, 0.5) is 0 Å². The van der Waals surface area contributed by atoms with Crippen molar-refractivity contribution < 1.29 is 0 Å². The van der Waals surface area contributed by atoms with E-state index in [1.165, 1.54) is 5.57 Å². The summed E-state index contributed by atoms with van der Waals surface area (Å²) in [5, 5.41) is 8.68. The SMILES string of the molecule is N#CC1=CC=C(c2ccccn2)CC1. The Hall–Kier alpha value is -1.88. The van der Waals surface area contributed by atoms with Crippen LogP contribution in [0.15, 0.2) is 42.1 Å². The first kappa shape index (κ1) is 8.71. The first-order valence-electron chi connectivity index (χ1n) is 4.61. The molecule has 0 unspecified atom stereocenters. The number of rotatable bonds is 1. The van der Waals surface area contributed by atoms with Gasteiger partial charge in [0.05, 0.1) is 11.8 Å². The number of nitrogens with zero attached hydrogens (tertiary/aromatic N) is 2. The molecule has 1 aliphatic carbocycles. The van der Waals surface area contributed by atoms with E-state index in [2.05, 4.69) is 11.1 Å². The Kier molecular flexibility index (Phi) is 2.42. The van der Waals surface area contributed by atoms with E-state index in [1.54, 1.807) is 6.20 Å². The fourth-order valence-electron chi connectivity index (χ4n) is 1.50. The van der Waals surface area contributed by atoms with Crippen LogP contribution in [-0.2, 0) is 0 Å². The number of pyridine rings is 1. The summed E-state index contributed by atoms with van der Waals surface area (Å²) in [6.45, 7) is 0. The van der Waals surface area contributed by atoms with Crippen molar-refractivity contribution in [3.05, 3.63) is 47.8 Å². The van der Waals surface area contributed by atoms with Gasteiger partial charge in [0.15, 0.2) is 0 Å². The average molecular weight is 182 g/mol. The Morgan fingerprint density at radius 1 is 1.21 bits per heavy atom. The maximum Gasteiger partial charge on any atom is 0.0947 e. The van der Waals surface area contributed by atoms with Crippen molar-refractivity contribution in [1.82, 2.24) is 4.98 Å². The molecule has 14 heavy (non-hydrogen) atoms. The van der Waals surface area contributed by atoms with Crippen LogP contribution >= 0.6 is 0 Å². The molecule has 0 fully saturated rings. The van der Waals surface area contributed by atoms with Crippen LogP contribution in [0.1, 0.15) is 18.5 Å². The van der Waals surface area contributed by atoms with Crippen molar-refractivity contribution in [1.29, 1.82) is 5.26 Å². The Morgan fingerprint density at radius 3 is 2.71 bits per heavy atom. The van der Waals surface area contributed by atoms with Gasteiger partial charge < -0.3 is 0 Å². The van der Waals surface area contributed by atoms with Crippen molar-refractivity contribution in [2.75, 3.05) is 0 Å². The minimum atomic E-state index is 0.832. The smallest absolute Gasteiger partial charge is 0.0947 e. The number of allylic oxidation sites excluding steroid dienone is 4. The molecule has 0 N–H and O–H groups in total. The van der Waals surface area contributed by atoms with Crippen LogP contribution in [0, 0.1) is 11.3 Å². The normalized spacial score (nSPS) is 15.4. The first-order chi connectivity index (χ1) is 6.90. The maximum absolute atomic E-state index is 8.68. The third-order valence-electron chi connectivity index (χ3n) is 2.29. The van der Waals surface area contributed by atoms with Gasteiger partial charge in [-0.25, -0.2) is 0 Å². The lowest BCUT2D eigenvalue weighted by atomic mass is 9.97. The molecule has 0 bridgehead atoms. The van der Waals surface area contributed by atoms with Crippen LogP contribution in [0.3, 0.4) is 0 Å². The zero-order chi connectivity index (χ0) is 9.80. The van der Waals surface area contributed by atoms with Crippen LogP contribution < -0.4 is 0 Å². The summed E-state index contributed by atoms with van der Waals surface area (Å²) in [5.41, 5.74) is 3.08. The second-order valence-electron chi connectivity index (χ2n) is 3.21. The van der Waals surface area contributed by atoms with Crippen LogP contribution in [0.5, 0.6) is 0 Å². The summed E-state index contributed by atoms with van der Waals surface area (Å²) >= 11 is 0. The van der Waals surface area contributed by atoms with Crippen molar-refractivity contribution in [3.63, 3.8) is 0 Å². The summed E-state index contributed by atoms with van der Waals surface area (Å²) in [7, 11) is 0. The third kappa shape index (κ3) is 1.72. The molecule has 1 aromatic heterocycles. The Morgan fingerprint density at radius 2 is 2.14 bits per heavy atom. The second-order valence-corrected chi connectivity index (χ2v) is 3.21. The van der Waals surface area contributed by atoms with Gasteiger partial charge in [0, 0.05) is 11.8 Å². The molecule has 1 aliphatic rings. The van der Waals surface area contributed by atoms with Crippen molar-refractivity contribution in [3.8, 4) is 6.07 Å². The lowest BCUT2D eigenvalue weighted by Crippen LogP contribution is -1.93. The van der Waals surface area contributed by atoms with Crippen LogP contribution in [-0.4, -0.2) is 4.98 Å². The fraction of sp³-hybridized carbons (Fsp3) is 0.167. The van der Waals surface area contributed by atoms with Gasteiger partial charge in [-0.3, -0.25) is 4.98 Å². The van der Waals surface area contributed by atoms with E-state index in [1.807, 2.05) is 30.4 Å². The van der Waals surface area contributed by atoms with Crippen LogP contribution in [0.25, 0.3) is 5.57 Å². The van der Waals surface area contributed by atoms with E-state index < -0.39 is 0 Å². The molecule has 0 amide bonds. The largest absolute Gasteiger partial charge is 0.257 e. The van der Waals surface area contributed by atoms with Crippen molar-refractivity contribution in [2.45, 2.75) is 12.8 Å². The van der Waals surface area contributed by atoms with Gasteiger partial charge in [-0.05, 0) is 36.6 Å². The molecule has 0 radical (unpaired) electrons. The zero-order valence-corrected chi connectivity index (χ0v) is 7.77. The average Bonchev–Trinajstić information content (AvgIpc) is 2.30. The van der Waals surface area contributed by atoms with Gasteiger partial charge >= 0.3 is 0 Å². The first-order valence-corrected chi connectivity index (χ1v) is 4.61. The molecule has 0 aliphatic heterocycles. The van der Waals surface area contributed by atoms with Crippen molar-refractivity contribution >= 4 is 5.57 Å². The monoisotopic (exact) mass is 182 g/mol. The molecule has 0 spiro atoms. The lowest BCUT2D eigenvalue weighted by Gasteiger charge is -2.09. The highest BCUT2D eigenvalue weighted by Crippen LogP contribution is 2.24. The molecule has 2 heteroatoms. The highest BCUT2D eigenvalue weighted by molar-refractivity contribution is 5.66. The van der Waals surface area contributed by atoms with Crippen molar-refractivity contribution in [2.24, 2.45) is 0 Å². The van der Waals surface area contributed by atoms with E-state index in [4.69, 9.17) is 5.26 Å². The summed E-state index contributed by atoms with van der Waals surface area (Å²) < 4.78 is 0. The summed E-state index contributed by atoms with van der Waals surface area (Å²) in [4.78, 5) is 4.27. The highest BCUT2D eigenvalue weighted by atomic mass is 14.7. The number of nitriles is 1. The molecular formula is C12H10N2. The van der Waals surface area contributed by atoms with Gasteiger partial charge in [-0.15, -0.1) is 0 Å². The molecule has 1 aromatic rings. The number of hydrogen-bond acceptors (Lipinski definition) is 2. The van der Waals surface area contributed by atoms with Gasteiger partial charge in [0.1, 0.15) is 0 Å². The van der Waals surface area contributed by atoms with E-state index in [0.29, 0.717) is 0 Å². The predicted molar refractivity (Wildman–Crippen MR) is 55.1 cm³/mol. The van der Waals surface area contributed by atoms with Gasteiger partial charge in [0.2, 0.25) is 0 Å². The second kappa shape index (κ2) is 3.89. The Bertz CT molecular complexity index is 421. The minimum absolute atomic E-state index is 0.832. The zero-order valence-electron chi connectivity index (χ0n) is 7.77. The van der Waals surface area contributed by atoms with E-state index in [9.17, 15) is 0 Å². The molecule has 0 saturated heterocycles. The molecule has 0 saturated carbocycles. The van der Waals surface area contributed by atoms with E-state index >= 15 is 0 Å². The quantitative estimate of drug-likeness (QED) is 0.669. The molecule has 2 nitrogen and oxygen atoms in total. The topological polar surface area (TPSA) is 36.7 Å². The van der Waals surface area contributed by atoms with E-state index in [-0.39, 0.29) is 0 Å². The Labute approximate surface area is 83.2 Å². The number of aromatic nitrogens is 1. The van der Waals surface area contributed by atoms with E-state index in [0.717, 1.165) is 24.1 Å². The molecular weight excluding hydrogens is 172 g/mol. The summed E-state index contributed by atoms with van der Waals surface area (Å²) in [5.74, 6) is 0. The van der Waals surface area contributed by atoms with Crippen LogP contribution in [0.2, 0.25) is 0 Å². The minimum Gasteiger partial charge on any atom is -0.257 e. The highest BCUT2D eigenvalue weighted by Gasteiger charge is 2.07. The summed E-state index contributed by atoms with van der Waals surface area (Å²) in [6, 6.07) is 8.05. The Balaban J connectivity index is 2.28. The predicted octanol–water partition coefficient (Wildman–Crippen LogP) is 2.71. The molecule has 0 atom stereocenters. The molecule has 68 valence electrons.